The third kappa shape index (κ3) is 4.63. The van der Waals surface area contributed by atoms with Crippen molar-refractivity contribution in [3.05, 3.63) is 0 Å². The molecular weight excluding hydrogens is 246 g/mol. The first-order chi connectivity index (χ1) is 8.44. The van der Waals surface area contributed by atoms with Gasteiger partial charge in [-0.2, -0.15) is 5.10 Å². The van der Waals surface area contributed by atoms with Crippen LogP contribution in [0, 0.1) is 0 Å². The molecule has 0 spiro atoms. The monoisotopic (exact) mass is 263 g/mol. The van der Waals surface area contributed by atoms with Crippen molar-refractivity contribution in [3.63, 3.8) is 0 Å². The van der Waals surface area contributed by atoms with Crippen molar-refractivity contribution in [3.8, 4) is 0 Å². The Morgan fingerprint density at radius 2 is 1.78 bits per heavy atom. The maximum Gasteiger partial charge on any atom is 0.332 e. The van der Waals surface area contributed by atoms with Crippen LogP contribution in [-0.2, 0) is 0 Å². The van der Waals surface area contributed by atoms with Crippen LogP contribution in [0.25, 0.3) is 0 Å². The molecule has 0 aliphatic carbocycles. The number of carbonyl (C=O) groups is 1. The predicted octanol–water partition coefficient (Wildman–Crippen LogP) is -2.88. The van der Waals surface area contributed by atoms with Crippen LogP contribution in [-0.4, -0.2) is 63.5 Å². The van der Waals surface area contributed by atoms with Crippen molar-refractivity contribution in [1.29, 1.82) is 0 Å². The number of hydroxylamine groups is 1. The number of primary amides is 1. The van der Waals surface area contributed by atoms with E-state index in [0.29, 0.717) is 0 Å². The van der Waals surface area contributed by atoms with E-state index in [0.717, 1.165) is 0 Å². The molecule has 0 fully saturated rings. The van der Waals surface area contributed by atoms with Gasteiger partial charge in [-0.15, -0.1) is 0 Å². The van der Waals surface area contributed by atoms with E-state index >= 15 is 0 Å². The minimum absolute atomic E-state index is 0.0241. The summed E-state index contributed by atoms with van der Waals surface area (Å²) < 4.78 is 0. The van der Waals surface area contributed by atoms with Gasteiger partial charge in [0.15, 0.2) is 5.84 Å². The van der Waals surface area contributed by atoms with Gasteiger partial charge in [0.25, 0.3) is 0 Å². The van der Waals surface area contributed by atoms with E-state index in [-0.39, 0.29) is 11.5 Å². The zero-order chi connectivity index (χ0) is 14.2. The molecule has 10 nitrogen and oxygen atoms in total. The highest BCUT2D eigenvalue weighted by Crippen LogP contribution is 2.08. The summed E-state index contributed by atoms with van der Waals surface area (Å²) in [5, 5.41) is 39.5. The van der Waals surface area contributed by atoms with Crippen LogP contribution in [0.4, 0.5) is 4.79 Å². The van der Waals surface area contributed by atoms with Gasteiger partial charge in [0.05, 0.1) is 19.8 Å². The Balaban J connectivity index is 5.16. The third-order valence-corrected chi connectivity index (χ3v) is 2.01. The Labute approximate surface area is 103 Å². The highest BCUT2D eigenvalue weighted by atomic mass is 16.5. The van der Waals surface area contributed by atoms with Gasteiger partial charge in [0.2, 0.25) is 0 Å². The van der Waals surface area contributed by atoms with Crippen LogP contribution in [0.2, 0.25) is 0 Å². The third-order valence-electron chi connectivity index (χ3n) is 2.01. The van der Waals surface area contributed by atoms with Crippen LogP contribution in [0.15, 0.2) is 10.1 Å². The highest BCUT2D eigenvalue weighted by Gasteiger charge is 2.28. The standard InChI is InChI=1S/C8H17N5O5/c1-5(11-12-7(9)17)6(13-18)10-8(2-14,3-15)4-16/h14-16,18H,2-4H2,1H3,(H,10,13)(H3,9,12,17). The first-order valence-corrected chi connectivity index (χ1v) is 4.87. The second-order valence-electron chi connectivity index (χ2n) is 3.44. The average molecular weight is 263 g/mol. The average Bonchev–Trinajstić information content (AvgIpc) is 2.38. The number of rotatable bonds is 6. The van der Waals surface area contributed by atoms with Crippen molar-refractivity contribution in [2.45, 2.75) is 12.5 Å². The molecular formula is C8H17N5O5. The Bertz CT molecular complexity index is 331. The fraction of sp³-hybridized carbons (Fsp3) is 0.625. The number of hydrogen-bond acceptors (Lipinski definition) is 7. The van der Waals surface area contributed by atoms with E-state index in [1.807, 2.05) is 5.43 Å². The summed E-state index contributed by atoms with van der Waals surface area (Å²) in [6, 6.07) is -0.913. The van der Waals surface area contributed by atoms with Crippen LogP contribution >= 0.6 is 0 Å². The van der Waals surface area contributed by atoms with Crippen molar-refractivity contribution in [1.82, 2.24) is 10.9 Å². The molecule has 104 valence electrons. The van der Waals surface area contributed by atoms with Crippen molar-refractivity contribution < 1.29 is 25.3 Å². The summed E-state index contributed by atoms with van der Waals surface area (Å²) in [5.41, 5.74) is 6.82. The molecule has 10 heteroatoms. The van der Waals surface area contributed by atoms with Gasteiger partial charge in [-0.3, -0.25) is 15.7 Å². The van der Waals surface area contributed by atoms with E-state index < -0.39 is 31.4 Å². The molecule has 0 atom stereocenters. The normalized spacial score (nSPS) is 13.4. The number of hydrazone groups is 1. The number of hydrogen-bond donors (Lipinski definition) is 7. The number of aliphatic imine (C=N–C) groups is 1. The molecule has 0 radical (unpaired) electrons. The molecule has 8 N–H and O–H groups in total. The van der Waals surface area contributed by atoms with E-state index in [1.54, 1.807) is 5.48 Å². The summed E-state index contributed by atoms with van der Waals surface area (Å²) in [6.07, 6.45) is 0. The lowest BCUT2D eigenvalue weighted by Crippen LogP contribution is -2.43. The molecule has 0 heterocycles. The Kier molecular flexibility index (Phi) is 6.82. The van der Waals surface area contributed by atoms with Gasteiger partial charge in [-0.1, -0.05) is 0 Å². The van der Waals surface area contributed by atoms with Crippen molar-refractivity contribution in [2.75, 3.05) is 19.8 Å². The molecule has 0 aliphatic rings. The smallest absolute Gasteiger partial charge is 0.332 e. The van der Waals surface area contributed by atoms with Crippen LogP contribution in [0.3, 0.4) is 0 Å². The number of nitrogens with one attached hydrogen (secondary N) is 2. The second kappa shape index (κ2) is 7.55. The topological polar surface area (TPSA) is 173 Å². The molecule has 18 heavy (non-hydrogen) atoms. The number of carbonyl (C=O) groups excluding carboxylic acids is 1. The largest absolute Gasteiger partial charge is 0.394 e. The van der Waals surface area contributed by atoms with Crippen molar-refractivity contribution >= 4 is 17.6 Å². The fourth-order valence-corrected chi connectivity index (χ4v) is 0.872. The summed E-state index contributed by atoms with van der Waals surface area (Å²) in [5.74, 6) is -0.249. The van der Waals surface area contributed by atoms with Gasteiger partial charge < -0.3 is 21.1 Å². The first kappa shape index (κ1) is 16.2. The number of nitrogens with two attached hydrogens (primary N) is 1. The van der Waals surface area contributed by atoms with Gasteiger partial charge >= 0.3 is 6.03 Å². The molecule has 0 saturated heterocycles. The maximum atomic E-state index is 10.4. The number of amidine groups is 1. The Morgan fingerprint density at radius 1 is 1.28 bits per heavy atom. The molecule has 0 saturated carbocycles. The first-order valence-electron chi connectivity index (χ1n) is 4.87. The summed E-state index contributed by atoms with van der Waals surface area (Å²) >= 11 is 0. The van der Waals surface area contributed by atoms with E-state index in [9.17, 15) is 4.79 Å². The molecule has 2 amide bonds. The minimum Gasteiger partial charge on any atom is -0.394 e. The lowest BCUT2D eigenvalue weighted by atomic mass is 10.0. The molecule has 0 aromatic rings. The second-order valence-corrected chi connectivity index (χ2v) is 3.44. The van der Waals surface area contributed by atoms with Gasteiger partial charge in [0.1, 0.15) is 11.3 Å². The number of urea groups is 1. The fourth-order valence-electron chi connectivity index (χ4n) is 0.872. The predicted molar refractivity (Wildman–Crippen MR) is 62.2 cm³/mol. The number of aliphatic hydroxyl groups excluding tert-OH is 3. The number of nitrogens with zero attached hydrogens (tertiary/aromatic N) is 2. The summed E-state index contributed by atoms with van der Waals surface area (Å²) in [7, 11) is 0. The highest BCUT2D eigenvalue weighted by molar-refractivity contribution is 6.40. The lowest BCUT2D eigenvalue weighted by molar-refractivity contribution is 0.0705. The van der Waals surface area contributed by atoms with E-state index in [2.05, 4.69) is 10.1 Å². The molecule has 0 aromatic heterocycles. The summed E-state index contributed by atoms with van der Waals surface area (Å²) in [6.45, 7) is -0.583. The Hall–Kier alpha value is -1.75. The molecule has 0 aliphatic heterocycles. The quantitative estimate of drug-likeness (QED) is 0.154. The minimum atomic E-state index is -1.57. The SMILES string of the molecule is CC(=NNC(N)=O)C(=NC(CO)(CO)CO)NO. The number of amides is 2. The van der Waals surface area contributed by atoms with Crippen molar-refractivity contribution in [2.24, 2.45) is 15.8 Å². The summed E-state index contributed by atoms with van der Waals surface area (Å²) in [4.78, 5) is 14.2. The number of aliphatic hydroxyl groups is 3. The Morgan fingerprint density at radius 3 is 2.11 bits per heavy atom. The molecule has 0 unspecified atom stereocenters. The lowest BCUT2D eigenvalue weighted by Gasteiger charge is -2.23. The zero-order valence-electron chi connectivity index (χ0n) is 9.79. The van der Waals surface area contributed by atoms with Crippen LogP contribution in [0.1, 0.15) is 6.92 Å². The molecule has 0 aromatic carbocycles. The van der Waals surface area contributed by atoms with E-state index in [1.165, 1.54) is 6.92 Å². The molecule has 0 bridgehead atoms. The van der Waals surface area contributed by atoms with Gasteiger partial charge in [-0.25, -0.2) is 10.2 Å². The van der Waals surface area contributed by atoms with Crippen LogP contribution in [0.5, 0.6) is 0 Å². The van der Waals surface area contributed by atoms with Crippen LogP contribution < -0.4 is 16.6 Å². The molecule has 0 rings (SSSR count). The van der Waals surface area contributed by atoms with Gasteiger partial charge in [0, 0.05) is 0 Å². The van der Waals surface area contributed by atoms with E-state index in [4.69, 9.17) is 26.3 Å². The zero-order valence-corrected chi connectivity index (χ0v) is 9.79. The maximum absolute atomic E-state index is 10.4. The van der Waals surface area contributed by atoms with Gasteiger partial charge in [-0.05, 0) is 6.92 Å².